The Bertz CT molecular complexity index is 817. The Morgan fingerprint density at radius 2 is 1.47 bits per heavy atom. The van der Waals surface area contributed by atoms with Crippen LogP contribution in [-0.2, 0) is 4.74 Å². The normalized spacial score (nSPS) is 14.3. The minimum atomic E-state index is -0.886. The molecule has 8 nitrogen and oxygen atoms in total. The van der Waals surface area contributed by atoms with E-state index in [0.29, 0.717) is 31.9 Å². The molecule has 0 spiro atoms. The van der Waals surface area contributed by atoms with Crippen molar-refractivity contribution >= 4 is 23.5 Å². The van der Waals surface area contributed by atoms with Gasteiger partial charge in [0.15, 0.2) is 0 Å². The highest BCUT2D eigenvalue weighted by Crippen LogP contribution is 2.30. The van der Waals surface area contributed by atoms with Gasteiger partial charge in [0, 0.05) is 37.0 Å². The van der Waals surface area contributed by atoms with Crippen molar-refractivity contribution < 1.29 is 19.7 Å². The molecule has 9 heteroatoms. The fourth-order valence-corrected chi connectivity index (χ4v) is 2.96. The predicted molar refractivity (Wildman–Crippen MR) is 164 cm³/mol. The molecular weight excluding hydrogens is 500 g/mol. The summed E-state index contributed by atoms with van der Waals surface area (Å²) >= 11 is 1.75. The van der Waals surface area contributed by atoms with E-state index in [2.05, 4.69) is 15.2 Å². The first-order valence-corrected chi connectivity index (χ1v) is 14.5. The molecule has 0 aromatic carbocycles. The van der Waals surface area contributed by atoms with E-state index in [0.717, 1.165) is 30.2 Å². The number of carbonyl (C=O) groups excluding carboxylic acids is 1. The molecule has 0 saturated carbocycles. The number of carbonyl (C=O) groups is 1. The van der Waals surface area contributed by atoms with Gasteiger partial charge in [-0.1, -0.05) is 35.1 Å². The van der Waals surface area contributed by atoms with E-state index < -0.39 is 16.6 Å². The number of morpholine rings is 1. The third kappa shape index (κ3) is 11.8. The fourth-order valence-electron chi connectivity index (χ4n) is 2.96. The number of ether oxygens (including phenoxy) is 1. The van der Waals surface area contributed by atoms with E-state index in [1.54, 1.807) is 39.5 Å². The van der Waals surface area contributed by atoms with E-state index >= 15 is 0 Å². The molecule has 1 amide bonds. The predicted octanol–water partition coefficient (Wildman–Crippen LogP) is 4.42. The zero-order chi connectivity index (χ0) is 29.2. The Morgan fingerprint density at radius 1 is 1.03 bits per heavy atom. The van der Waals surface area contributed by atoms with Gasteiger partial charge in [0.25, 0.3) is 5.91 Å². The second-order valence-corrected chi connectivity index (χ2v) is 12.9. The molecule has 1 aliphatic rings. The minimum Gasteiger partial charge on any atom is -0.390 e. The van der Waals surface area contributed by atoms with Crippen LogP contribution >= 0.6 is 11.8 Å². The third-order valence-electron chi connectivity index (χ3n) is 7.46. The molecule has 0 atom stereocenters. The van der Waals surface area contributed by atoms with Crippen molar-refractivity contribution in [3.05, 3.63) is 22.9 Å². The molecule has 1 aromatic rings. The van der Waals surface area contributed by atoms with Crippen LogP contribution in [0.3, 0.4) is 0 Å². The topological polar surface area (TPSA) is 121 Å². The molecule has 1 saturated heterocycles. The molecule has 0 unspecified atom stereocenters. The molecule has 2 rings (SSSR count). The number of aryl methyl sites for hydroxylation is 2. The van der Waals surface area contributed by atoms with Gasteiger partial charge in [-0.15, -0.1) is 0 Å². The molecule has 2 heterocycles. The van der Waals surface area contributed by atoms with Crippen molar-refractivity contribution in [1.29, 1.82) is 0 Å². The summed E-state index contributed by atoms with van der Waals surface area (Å²) in [7, 11) is 0. The number of nitrogens with two attached hydrogens (primary N) is 1. The number of hydrogen-bond donors (Lipinski definition) is 4. The van der Waals surface area contributed by atoms with Gasteiger partial charge in [-0.25, -0.2) is 4.98 Å². The molecule has 5 N–H and O–H groups in total. The number of rotatable bonds is 7. The smallest absolute Gasteiger partial charge is 0.253 e. The lowest BCUT2D eigenvalue weighted by Gasteiger charge is -2.37. The van der Waals surface area contributed by atoms with Crippen LogP contribution in [-0.4, -0.2) is 84.2 Å². The van der Waals surface area contributed by atoms with E-state index in [1.807, 2.05) is 60.1 Å². The van der Waals surface area contributed by atoms with Gasteiger partial charge >= 0.3 is 0 Å². The fraction of sp³-hybridized carbons (Fsp3) is 0.793. The van der Waals surface area contributed by atoms with Crippen LogP contribution < -0.4 is 16.0 Å². The molecule has 0 aliphatic carbocycles. The zero-order valence-corrected chi connectivity index (χ0v) is 26.2. The lowest BCUT2D eigenvalue weighted by molar-refractivity contribution is -0.0327. The van der Waals surface area contributed by atoms with Gasteiger partial charge in [0.1, 0.15) is 5.82 Å². The first-order chi connectivity index (χ1) is 16.8. The van der Waals surface area contributed by atoms with Gasteiger partial charge in [-0.3, -0.25) is 4.79 Å². The summed E-state index contributed by atoms with van der Waals surface area (Å²) in [5, 5.41) is 22.7. The highest BCUT2D eigenvalue weighted by molar-refractivity contribution is 7.97. The summed E-state index contributed by atoms with van der Waals surface area (Å²) in [6.07, 6.45) is 4.08. The highest BCUT2D eigenvalue weighted by atomic mass is 32.2. The van der Waals surface area contributed by atoms with E-state index in [-0.39, 0.29) is 18.7 Å². The molecule has 1 aromatic heterocycles. The number of aliphatic hydroxyl groups is 2. The number of pyridine rings is 1. The van der Waals surface area contributed by atoms with Crippen molar-refractivity contribution in [2.24, 2.45) is 16.6 Å². The van der Waals surface area contributed by atoms with Crippen LogP contribution in [0.5, 0.6) is 0 Å². The Labute approximate surface area is 237 Å². The van der Waals surface area contributed by atoms with Crippen LogP contribution in [0.15, 0.2) is 6.07 Å². The molecule has 224 valence electrons. The first-order valence-electron chi connectivity index (χ1n) is 12.9. The zero-order valence-electron chi connectivity index (χ0n) is 25.4. The highest BCUT2D eigenvalue weighted by Gasteiger charge is 2.35. The van der Waals surface area contributed by atoms with Crippen molar-refractivity contribution in [3.8, 4) is 0 Å². The maximum absolute atomic E-state index is 12.7. The van der Waals surface area contributed by atoms with E-state index in [4.69, 9.17) is 10.5 Å². The van der Waals surface area contributed by atoms with Gasteiger partial charge in [0.2, 0.25) is 0 Å². The van der Waals surface area contributed by atoms with Gasteiger partial charge in [-0.05, 0) is 65.7 Å². The molecule has 0 radical (unpaired) electrons. The van der Waals surface area contributed by atoms with Crippen molar-refractivity contribution in [3.63, 3.8) is 0 Å². The van der Waals surface area contributed by atoms with Crippen molar-refractivity contribution in [1.82, 2.24) is 10.3 Å². The average molecular weight is 559 g/mol. The second-order valence-electron chi connectivity index (χ2n) is 12.0. The Kier molecular flexibility index (Phi) is 16.3. The number of thioether (sulfide) groups is 1. The van der Waals surface area contributed by atoms with Gasteiger partial charge < -0.3 is 30.9 Å². The van der Waals surface area contributed by atoms with Gasteiger partial charge in [-0.2, -0.15) is 11.8 Å². The number of aromatic nitrogens is 1. The molecule has 1 aliphatic heterocycles. The molecule has 1 fully saturated rings. The van der Waals surface area contributed by atoms with Gasteiger partial charge in [0.05, 0.1) is 35.7 Å². The van der Waals surface area contributed by atoms with Crippen molar-refractivity contribution in [2.45, 2.75) is 87.9 Å². The summed E-state index contributed by atoms with van der Waals surface area (Å²) in [5.41, 5.74) is 5.49. The van der Waals surface area contributed by atoms with Crippen LogP contribution in [0, 0.1) is 24.7 Å². The SMILES string of the molecule is C.CC(C)(O)C(C)(C)CN.CSC.Cc1cc(N2CCOCC2)nc(C)c1C(=O)NCC(C)(C)C(C)(C)O. The Hall–Kier alpha value is -1.39. The maximum atomic E-state index is 12.7. The van der Waals surface area contributed by atoms with Crippen LogP contribution in [0.4, 0.5) is 5.82 Å². The molecule has 0 bridgehead atoms. The standard InChI is InChI=1S/C19H31N3O3.C7H17NO.C2H6S.CH4/c1-13-11-15(22-7-9-25-10-8-22)21-14(2)16(13)17(23)20-12-18(3,4)19(5,6)24;1-6(2,5-8)7(3,4)9;1-3-2;/h11,24H,7-10,12H2,1-6H3,(H,20,23);9H,5,8H2,1-4H3;1-2H3;1H4. The monoisotopic (exact) mass is 558 g/mol. The summed E-state index contributed by atoms with van der Waals surface area (Å²) < 4.78 is 5.38. The molecular formula is C29H58N4O4S. The number of nitrogens with zero attached hydrogens (tertiary/aromatic N) is 2. The average Bonchev–Trinajstić information content (AvgIpc) is 2.77. The largest absolute Gasteiger partial charge is 0.390 e. The molecule has 38 heavy (non-hydrogen) atoms. The van der Waals surface area contributed by atoms with Crippen LogP contribution in [0.25, 0.3) is 0 Å². The number of nitrogens with one attached hydrogen (secondary N) is 1. The number of hydrogen-bond acceptors (Lipinski definition) is 8. The summed E-state index contributed by atoms with van der Waals surface area (Å²) in [6.45, 7) is 22.6. The minimum absolute atomic E-state index is 0. The summed E-state index contributed by atoms with van der Waals surface area (Å²) in [4.78, 5) is 19.5. The summed E-state index contributed by atoms with van der Waals surface area (Å²) in [6, 6.07) is 1.97. The van der Waals surface area contributed by atoms with Crippen LogP contribution in [0.2, 0.25) is 0 Å². The number of amides is 1. The Morgan fingerprint density at radius 3 is 1.82 bits per heavy atom. The first kappa shape index (κ1) is 38.8. The third-order valence-corrected chi connectivity index (χ3v) is 7.46. The quantitative estimate of drug-likeness (QED) is 0.388. The maximum Gasteiger partial charge on any atom is 0.253 e. The van der Waals surface area contributed by atoms with E-state index in [9.17, 15) is 15.0 Å². The van der Waals surface area contributed by atoms with E-state index in [1.165, 1.54) is 0 Å². The lowest BCUT2D eigenvalue weighted by Crippen LogP contribution is -2.47. The number of anilines is 1. The van der Waals surface area contributed by atoms with Crippen LogP contribution in [0.1, 0.15) is 84.4 Å². The lowest BCUT2D eigenvalue weighted by atomic mass is 9.77. The Balaban J connectivity index is 0. The summed E-state index contributed by atoms with van der Waals surface area (Å²) in [5.74, 6) is 0.750. The van der Waals surface area contributed by atoms with Crippen molar-refractivity contribution in [2.75, 3.05) is 56.8 Å². The second kappa shape index (κ2) is 16.0.